The maximum atomic E-state index is 12.9. The number of halogens is 6. The number of alkyl halides is 6. The Morgan fingerprint density at radius 1 is 0.839 bits per heavy atom. The van der Waals surface area contributed by atoms with Crippen molar-refractivity contribution in [3.05, 3.63) is 23.3 Å². The van der Waals surface area contributed by atoms with Crippen molar-refractivity contribution >= 4 is 26.0 Å². The lowest BCUT2D eigenvalue weighted by Gasteiger charge is -2.34. The minimum absolute atomic E-state index is 0.0360. The lowest BCUT2D eigenvalue weighted by Crippen LogP contribution is -2.33. The number of hydrogen-bond donors (Lipinski definition) is 0. The summed E-state index contributed by atoms with van der Waals surface area (Å²) in [6.07, 6.45) is 0.989. The summed E-state index contributed by atoms with van der Waals surface area (Å²) < 4.78 is 130. The smallest absolute Gasteiger partial charge is 0.376 e. The highest BCUT2D eigenvalue weighted by Gasteiger charge is 2.52. The van der Waals surface area contributed by atoms with Gasteiger partial charge in [-0.1, -0.05) is 0 Å². The lowest BCUT2D eigenvalue weighted by molar-refractivity contribution is -0.122. The highest BCUT2D eigenvalue weighted by molar-refractivity contribution is 7.88. The van der Waals surface area contributed by atoms with E-state index in [0.717, 1.165) is 6.07 Å². The molecule has 1 saturated carbocycles. The van der Waals surface area contributed by atoms with Crippen LogP contribution in [0.4, 0.5) is 26.3 Å². The average molecular weight is 496 g/mol. The Balaban J connectivity index is 2.16. The minimum atomic E-state index is -6.24. The first-order chi connectivity index (χ1) is 14.0. The zero-order valence-corrected chi connectivity index (χ0v) is 17.0. The van der Waals surface area contributed by atoms with Crippen LogP contribution >= 0.6 is 0 Å². The van der Waals surface area contributed by atoms with E-state index in [1.165, 1.54) is 0 Å². The van der Waals surface area contributed by atoms with Gasteiger partial charge >= 0.3 is 31.3 Å². The molecule has 0 N–H and O–H groups in total. The summed E-state index contributed by atoms with van der Waals surface area (Å²) in [5.41, 5.74) is -12.8. The number of ketones is 1. The minimum Gasteiger partial charge on any atom is -0.376 e. The molecule has 1 unspecified atom stereocenters. The van der Waals surface area contributed by atoms with Crippen LogP contribution in [-0.4, -0.2) is 33.6 Å². The first-order valence-corrected chi connectivity index (χ1v) is 11.5. The van der Waals surface area contributed by atoms with E-state index < -0.39 is 48.2 Å². The first kappa shape index (κ1) is 23.6. The van der Waals surface area contributed by atoms with Crippen molar-refractivity contribution < 1.29 is 56.3 Å². The number of aryl methyl sites for hydroxylation is 1. The molecule has 15 heteroatoms. The molecule has 0 aliphatic heterocycles. The summed E-state index contributed by atoms with van der Waals surface area (Å²) in [6.45, 7) is 0. The predicted octanol–water partition coefficient (Wildman–Crippen LogP) is 3.47. The SMILES string of the molecule is O=C1CCCC2(CCc3cc(OS(=O)(=O)C(F)(F)F)cc(OS(=O)(=O)C(F)(F)F)c32)C1. The summed E-state index contributed by atoms with van der Waals surface area (Å²) >= 11 is 0. The van der Waals surface area contributed by atoms with Crippen LogP contribution in [0.1, 0.15) is 43.2 Å². The van der Waals surface area contributed by atoms with Crippen LogP contribution in [0.15, 0.2) is 12.1 Å². The number of benzene rings is 1. The van der Waals surface area contributed by atoms with E-state index in [1.807, 2.05) is 0 Å². The molecule has 0 aromatic heterocycles. The Hall–Kier alpha value is -2.03. The van der Waals surface area contributed by atoms with Crippen molar-refractivity contribution in [2.45, 2.75) is 55.0 Å². The third-order valence-electron chi connectivity index (χ3n) is 5.18. The molecule has 0 heterocycles. The summed E-state index contributed by atoms with van der Waals surface area (Å²) in [4.78, 5) is 12.0. The first-order valence-electron chi connectivity index (χ1n) is 8.68. The lowest BCUT2D eigenvalue weighted by atomic mass is 9.69. The van der Waals surface area contributed by atoms with Gasteiger partial charge in [-0.3, -0.25) is 4.79 Å². The molecule has 174 valence electrons. The molecule has 31 heavy (non-hydrogen) atoms. The summed E-state index contributed by atoms with van der Waals surface area (Å²) in [6, 6.07) is 1.21. The van der Waals surface area contributed by atoms with Crippen LogP contribution < -0.4 is 8.37 Å². The van der Waals surface area contributed by atoms with Crippen LogP contribution in [0.2, 0.25) is 0 Å². The van der Waals surface area contributed by atoms with Gasteiger partial charge in [0.15, 0.2) is 5.75 Å². The number of rotatable bonds is 4. The van der Waals surface area contributed by atoms with Gasteiger partial charge in [0, 0.05) is 29.9 Å². The second-order valence-electron chi connectivity index (χ2n) is 7.27. The molecule has 2 aliphatic carbocycles. The van der Waals surface area contributed by atoms with E-state index in [2.05, 4.69) is 8.37 Å². The fourth-order valence-corrected chi connectivity index (χ4v) is 4.91. The number of carbonyl (C=O) groups excluding carboxylic acids is 1. The van der Waals surface area contributed by atoms with Crippen molar-refractivity contribution in [3.8, 4) is 11.5 Å². The Bertz CT molecular complexity index is 1120. The fourth-order valence-electron chi connectivity index (χ4n) is 4.00. The fraction of sp³-hybridized carbons (Fsp3) is 0.562. The molecule has 0 saturated heterocycles. The molecule has 3 rings (SSSR count). The zero-order chi connectivity index (χ0) is 23.5. The van der Waals surface area contributed by atoms with Gasteiger partial charge < -0.3 is 8.37 Å². The molecule has 1 aromatic carbocycles. The maximum absolute atomic E-state index is 12.9. The Morgan fingerprint density at radius 2 is 1.42 bits per heavy atom. The van der Waals surface area contributed by atoms with Crippen molar-refractivity contribution in [3.63, 3.8) is 0 Å². The van der Waals surface area contributed by atoms with Crippen LogP contribution in [-0.2, 0) is 36.9 Å². The summed E-state index contributed by atoms with van der Waals surface area (Å²) in [7, 11) is -12.4. The third kappa shape index (κ3) is 4.33. The van der Waals surface area contributed by atoms with Crippen molar-refractivity contribution in [2.24, 2.45) is 0 Å². The molecular weight excluding hydrogens is 482 g/mol. The summed E-state index contributed by atoms with van der Waals surface area (Å²) in [5, 5.41) is 0. The van der Waals surface area contributed by atoms with Gasteiger partial charge in [-0.05, 0) is 37.3 Å². The van der Waals surface area contributed by atoms with Gasteiger partial charge in [0.25, 0.3) is 0 Å². The Kier molecular flexibility index (Phi) is 5.53. The van der Waals surface area contributed by atoms with E-state index in [1.54, 1.807) is 0 Å². The quantitative estimate of drug-likeness (QED) is 0.357. The molecule has 1 fully saturated rings. The number of carbonyl (C=O) groups is 1. The van der Waals surface area contributed by atoms with Crippen LogP contribution in [0, 0.1) is 0 Å². The third-order valence-corrected chi connectivity index (χ3v) is 7.12. The van der Waals surface area contributed by atoms with Gasteiger partial charge in [0.2, 0.25) is 0 Å². The highest BCUT2D eigenvalue weighted by Crippen LogP contribution is 2.53. The van der Waals surface area contributed by atoms with Gasteiger partial charge in [-0.25, -0.2) is 0 Å². The molecule has 1 atom stereocenters. The second-order valence-corrected chi connectivity index (χ2v) is 10.3. The zero-order valence-electron chi connectivity index (χ0n) is 15.3. The van der Waals surface area contributed by atoms with Gasteiger partial charge in [0.05, 0.1) is 0 Å². The molecular formula is C16H14F6O7S2. The van der Waals surface area contributed by atoms with E-state index in [4.69, 9.17) is 0 Å². The van der Waals surface area contributed by atoms with Gasteiger partial charge in [-0.15, -0.1) is 0 Å². The number of hydrogen-bond acceptors (Lipinski definition) is 7. The average Bonchev–Trinajstić information content (AvgIpc) is 2.90. The highest BCUT2D eigenvalue weighted by atomic mass is 32.2. The topological polar surface area (TPSA) is 104 Å². The van der Waals surface area contributed by atoms with Crippen molar-refractivity contribution in [1.82, 2.24) is 0 Å². The van der Waals surface area contributed by atoms with Crippen LogP contribution in [0.5, 0.6) is 11.5 Å². The Morgan fingerprint density at radius 3 is 1.97 bits per heavy atom. The molecule has 1 aromatic rings. The number of fused-ring (bicyclic) bond motifs is 2. The molecule has 0 bridgehead atoms. The predicted molar refractivity (Wildman–Crippen MR) is 91.1 cm³/mol. The van der Waals surface area contributed by atoms with Crippen LogP contribution in [0.25, 0.3) is 0 Å². The maximum Gasteiger partial charge on any atom is 0.534 e. The van der Waals surface area contributed by atoms with Crippen LogP contribution in [0.3, 0.4) is 0 Å². The van der Waals surface area contributed by atoms with E-state index in [9.17, 15) is 48.0 Å². The molecule has 1 spiro atoms. The number of Topliss-reactive ketones (excluding diaryl/α,β-unsaturated/α-hetero) is 1. The summed E-state index contributed by atoms with van der Waals surface area (Å²) in [5.74, 6) is -2.30. The van der Waals surface area contributed by atoms with Gasteiger partial charge in [0.1, 0.15) is 11.5 Å². The molecule has 0 radical (unpaired) electrons. The monoisotopic (exact) mass is 496 g/mol. The molecule has 7 nitrogen and oxygen atoms in total. The van der Waals surface area contributed by atoms with E-state index in [0.29, 0.717) is 18.9 Å². The van der Waals surface area contributed by atoms with Crippen molar-refractivity contribution in [2.75, 3.05) is 0 Å². The second kappa shape index (κ2) is 7.25. The van der Waals surface area contributed by atoms with E-state index >= 15 is 0 Å². The van der Waals surface area contributed by atoms with Crippen molar-refractivity contribution in [1.29, 1.82) is 0 Å². The normalized spacial score (nSPS) is 22.5. The Labute approximate surface area is 172 Å². The molecule has 2 aliphatic rings. The van der Waals surface area contributed by atoms with Gasteiger partial charge in [-0.2, -0.15) is 43.2 Å². The molecule has 0 amide bonds. The largest absolute Gasteiger partial charge is 0.534 e. The van der Waals surface area contributed by atoms with E-state index in [-0.39, 0.29) is 42.6 Å². The standard InChI is InChI=1S/C16H14F6O7S2/c17-15(18,19)30(24,25)28-11-6-9-3-5-14(4-1-2-10(23)8-14)13(9)12(7-11)29-31(26,27)16(20,21)22/h6-7H,1-5,8H2.